The molecule has 0 N–H and O–H groups in total. The molecule has 1 fully saturated rings. The summed E-state index contributed by atoms with van der Waals surface area (Å²) in [5.74, 6) is 1.09. The zero-order valence-electron chi connectivity index (χ0n) is 19.4. The van der Waals surface area contributed by atoms with Crippen LogP contribution in [0.4, 0.5) is 4.39 Å². The second-order valence-electron chi connectivity index (χ2n) is 8.58. The van der Waals surface area contributed by atoms with Crippen molar-refractivity contribution in [2.24, 2.45) is 0 Å². The molecular weight excluding hydrogens is 560 g/mol. The Morgan fingerprint density at radius 1 is 1.25 bits per heavy atom. The van der Waals surface area contributed by atoms with Gasteiger partial charge in [0.2, 0.25) is 0 Å². The molecule has 3 aromatic heterocycles. The van der Waals surface area contributed by atoms with Gasteiger partial charge >= 0.3 is 22.4 Å². The molecule has 0 bridgehead atoms. The molecule has 0 unspecified atom stereocenters. The number of hydrogen-bond acceptors (Lipinski definition) is 6. The van der Waals surface area contributed by atoms with Gasteiger partial charge in [-0.2, -0.15) is 12.5 Å². The molecule has 4 heterocycles. The fraction of sp³-hybridized carbons (Fsp3) is 0.231. The van der Waals surface area contributed by atoms with Crippen molar-refractivity contribution < 1.29 is 39.9 Å². The minimum Gasteiger partial charge on any atom is -0.507 e. The summed E-state index contributed by atoms with van der Waals surface area (Å²) in [6.45, 7) is 4.29. The summed E-state index contributed by atoms with van der Waals surface area (Å²) in [6.07, 6.45) is 10.1. The third-order valence-corrected chi connectivity index (χ3v) is 7.03. The van der Waals surface area contributed by atoms with Crippen molar-refractivity contribution in [1.82, 2.24) is 14.4 Å². The Bertz CT molecular complexity index is 1590. The van der Waals surface area contributed by atoms with E-state index < -0.39 is 9.84 Å². The molecule has 1 aliphatic carbocycles. The number of rotatable bonds is 3. The first-order valence-electron chi connectivity index (χ1n) is 11.0. The van der Waals surface area contributed by atoms with Crippen LogP contribution in [0.15, 0.2) is 47.9 Å². The molecule has 181 valence electrons. The number of pyridine rings is 2. The van der Waals surface area contributed by atoms with Gasteiger partial charge in [-0.15, -0.1) is 11.6 Å². The van der Waals surface area contributed by atoms with Crippen LogP contribution in [0.25, 0.3) is 16.6 Å². The van der Waals surface area contributed by atoms with Crippen LogP contribution < -0.4 is 4.74 Å². The first kappa shape index (κ1) is 25.9. The molecule has 1 radical (unpaired) electrons. The van der Waals surface area contributed by atoms with Crippen LogP contribution in [-0.2, 0) is 38.6 Å². The van der Waals surface area contributed by atoms with Gasteiger partial charge in [0.25, 0.3) is 0 Å². The zero-order valence-corrected chi connectivity index (χ0v) is 22.4. The van der Waals surface area contributed by atoms with Gasteiger partial charge < -0.3 is 9.14 Å². The number of ether oxygens (including phenoxy) is 1. The number of nitriles is 1. The topological polar surface area (TPSA) is 97.3 Å². The van der Waals surface area contributed by atoms with Crippen LogP contribution in [0.5, 0.6) is 5.75 Å². The summed E-state index contributed by atoms with van der Waals surface area (Å²) in [5.41, 5.74) is 4.54. The van der Waals surface area contributed by atoms with Crippen LogP contribution in [0.3, 0.4) is 0 Å². The maximum Gasteiger partial charge on any atom is 2.00 e. The first-order valence-corrected chi connectivity index (χ1v) is 12.9. The van der Waals surface area contributed by atoms with Gasteiger partial charge in [-0.25, -0.2) is 13.7 Å². The van der Waals surface area contributed by atoms with Crippen molar-refractivity contribution >= 4 is 15.4 Å². The van der Waals surface area contributed by atoms with Crippen molar-refractivity contribution in [3.05, 3.63) is 84.2 Å². The minimum atomic E-state index is -3.50. The summed E-state index contributed by atoms with van der Waals surface area (Å²) in [6, 6.07) is 10.6. The second-order valence-corrected chi connectivity index (χ2v) is 10.5. The quantitative estimate of drug-likeness (QED) is 0.265. The van der Waals surface area contributed by atoms with Crippen molar-refractivity contribution in [3.63, 3.8) is 0 Å². The molecule has 4 aromatic rings. The number of fused-ring (bicyclic) bond motifs is 2. The number of sulfone groups is 1. The Labute approximate surface area is 224 Å². The van der Waals surface area contributed by atoms with E-state index in [1.165, 1.54) is 16.8 Å². The van der Waals surface area contributed by atoms with Gasteiger partial charge in [-0.3, -0.25) is 14.4 Å². The van der Waals surface area contributed by atoms with E-state index in [1.54, 1.807) is 18.3 Å². The molecule has 0 atom stereocenters. The van der Waals surface area contributed by atoms with Crippen LogP contribution in [0, 0.1) is 30.3 Å². The molecule has 1 aliphatic heterocycles. The summed E-state index contributed by atoms with van der Waals surface area (Å²) in [7, 11) is -3.50. The van der Waals surface area contributed by atoms with Gasteiger partial charge in [0.05, 0.1) is 12.4 Å². The second kappa shape index (κ2) is 10.1. The predicted octanol–water partition coefficient (Wildman–Crippen LogP) is 4.29. The number of nitrogens with zero attached hydrogens (tertiary/aromatic N) is 4. The SMILES string of the molecule is CS(=O)(=O)c1ncn2[c-]c(C#N)cc(-c3ccc(C4CC4)nc3)c12.[CH2-]c1c(F)ccc2c1CCO2.[Nb+2]. The molecule has 2 aliphatic rings. The number of benzene rings is 1. The van der Waals surface area contributed by atoms with E-state index in [-0.39, 0.29) is 33.2 Å². The van der Waals surface area contributed by atoms with Crippen molar-refractivity contribution in [3.8, 4) is 22.9 Å². The summed E-state index contributed by atoms with van der Waals surface area (Å²) in [5, 5.41) is 9.19. The number of imidazole rings is 1. The van der Waals surface area contributed by atoms with E-state index in [9.17, 15) is 18.1 Å². The average Bonchev–Trinajstić information content (AvgIpc) is 3.41. The van der Waals surface area contributed by atoms with E-state index in [4.69, 9.17) is 4.74 Å². The van der Waals surface area contributed by atoms with Crippen LogP contribution in [-0.4, -0.2) is 35.6 Å². The van der Waals surface area contributed by atoms with Gasteiger partial charge in [0.1, 0.15) is 5.03 Å². The molecule has 0 saturated heterocycles. The van der Waals surface area contributed by atoms with E-state index in [2.05, 4.69) is 23.1 Å². The van der Waals surface area contributed by atoms with Crippen molar-refractivity contribution in [1.29, 1.82) is 5.26 Å². The van der Waals surface area contributed by atoms with Crippen LogP contribution in [0.1, 0.15) is 41.1 Å². The first-order chi connectivity index (χ1) is 16.8. The Kier molecular flexibility index (Phi) is 7.25. The monoisotopic (exact) mass is 581 g/mol. The third-order valence-electron chi connectivity index (χ3n) is 6.02. The standard InChI is InChI=1S/C17H13N4O2S.C9H8FO.Nb/c1-24(22,23)17-16-14(6-11(7-18)9-21(16)10-20-17)13-4-5-15(19-8-13)12-2-3-12;1-6-7-4-5-11-9(7)3-2-8(6)10;/h4-6,8,10,12H,2-3H2,1H3;2-3H,1,4-5H2;/q2*-1;+2. The maximum absolute atomic E-state index is 12.9. The molecule has 6 rings (SSSR count). The average molecular weight is 581 g/mol. The minimum absolute atomic E-state index is 0. The normalized spacial score (nSPS) is 14.1. The van der Waals surface area contributed by atoms with Gasteiger partial charge in [-0.1, -0.05) is 17.7 Å². The number of hydrogen-bond donors (Lipinski definition) is 0. The third kappa shape index (κ3) is 5.04. The van der Waals surface area contributed by atoms with Crippen LogP contribution >= 0.6 is 0 Å². The fourth-order valence-corrected chi connectivity index (χ4v) is 4.88. The van der Waals surface area contributed by atoms with Gasteiger partial charge in [0.15, 0.2) is 9.84 Å². The molecule has 7 nitrogen and oxygen atoms in total. The molecule has 1 saturated carbocycles. The summed E-state index contributed by atoms with van der Waals surface area (Å²) in [4.78, 5) is 8.48. The number of aromatic nitrogens is 3. The Morgan fingerprint density at radius 3 is 2.67 bits per heavy atom. The van der Waals surface area contributed by atoms with Crippen molar-refractivity contribution in [2.75, 3.05) is 12.9 Å². The van der Waals surface area contributed by atoms with E-state index in [1.807, 2.05) is 18.2 Å². The summed E-state index contributed by atoms with van der Waals surface area (Å²) >= 11 is 0. The molecule has 10 heteroatoms. The van der Waals surface area contributed by atoms with Crippen molar-refractivity contribution in [2.45, 2.75) is 30.2 Å². The Hall–Kier alpha value is -3.16. The Morgan fingerprint density at radius 2 is 2.03 bits per heavy atom. The molecule has 0 amide bonds. The predicted molar refractivity (Wildman–Crippen MR) is 127 cm³/mol. The largest absolute Gasteiger partial charge is 2.00 e. The van der Waals surface area contributed by atoms with E-state index in [0.717, 1.165) is 48.1 Å². The summed E-state index contributed by atoms with van der Waals surface area (Å²) < 4.78 is 43.6. The van der Waals surface area contributed by atoms with E-state index >= 15 is 0 Å². The zero-order chi connectivity index (χ0) is 24.7. The molecule has 36 heavy (non-hydrogen) atoms. The van der Waals surface area contributed by atoms with Gasteiger partial charge in [-0.05, 0) is 54.8 Å². The maximum atomic E-state index is 12.9. The fourth-order valence-electron chi connectivity index (χ4n) is 4.09. The smallest absolute Gasteiger partial charge is 0.507 e. The molecule has 1 aromatic carbocycles. The number of halogens is 1. The van der Waals surface area contributed by atoms with Gasteiger partial charge in [0, 0.05) is 41.7 Å². The molecular formula is C26H21FN4NbO3S. The van der Waals surface area contributed by atoms with Crippen LogP contribution in [0.2, 0.25) is 0 Å². The molecule has 0 spiro atoms. The van der Waals surface area contributed by atoms with E-state index in [0.29, 0.717) is 34.7 Å². The Balaban J connectivity index is 0.000000213.